The minimum Gasteiger partial charge on any atom is -0.388 e. The molecule has 0 spiro atoms. The first-order valence-electron chi connectivity index (χ1n) is 7.11. The van der Waals surface area contributed by atoms with Gasteiger partial charge in [-0.05, 0) is 13.0 Å². The zero-order chi connectivity index (χ0) is 17.6. The second-order valence-electron chi connectivity index (χ2n) is 6.79. The molecule has 2 heterocycles. The lowest BCUT2D eigenvalue weighted by atomic mass is 9.79. The molecule has 1 aromatic rings. The molecule has 1 saturated heterocycles. The van der Waals surface area contributed by atoms with E-state index in [0.717, 1.165) is 10.6 Å². The number of aromatic nitrogens is 1. The van der Waals surface area contributed by atoms with Crippen molar-refractivity contribution in [1.29, 1.82) is 0 Å². The van der Waals surface area contributed by atoms with Crippen molar-refractivity contribution in [2.75, 3.05) is 13.1 Å². The molecule has 8 heteroatoms. The number of alkyl halides is 3. The number of carbonyl (C=O) groups is 1. The van der Waals surface area contributed by atoms with Crippen LogP contribution in [0.3, 0.4) is 0 Å². The Balaban J connectivity index is 2.21. The van der Waals surface area contributed by atoms with Crippen molar-refractivity contribution in [2.24, 2.45) is 5.41 Å². The standard InChI is InChI=1S/C15H19F3N2O3/c1-13(2)8-20(9-14(13,3)23)12(22)7-19-6-10(15(16,17)18)4-5-11(19)21/h4-6,23H,7-9H2,1-3H3. The van der Waals surface area contributed by atoms with Crippen LogP contribution in [0.15, 0.2) is 23.1 Å². The molecule has 0 bridgehead atoms. The molecule has 1 aliphatic rings. The van der Waals surface area contributed by atoms with Crippen molar-refractivity contribution in [3.63, 3.8) is 0 Å². The molecule has 5 nitrogen and oxygen atoms in total. The first kappa shape index (κ1) is 17.5. The Hall–Kier alpha value is -1.83. The van der Waals surface area contributed by atoms with Crippen molar-refractivity contribution < 1.29 is 23.1 Å². The van der Waals surface area contributed by atoms with E-state index in [1.807, 2.05) is 0 Å². The molecule has 0 saturated carbocycles. The molecular weight excluding hydrogens is 313 g/mol. The van der Waals surface area contributed by atoms with Gasteiger partial charge in [-0.25, -0.2) is 0 Å². The third kappa shape index (κ3) is 3.41. The number of hydrogen-bond acceptors (Lipinski definition) is 3. The fourth-order valence-electron chi connectivity index (χ4n) is 2.53. The number of rotatable bonds is 2. The molecule has 1 fully saturated rings. The average molecular weight is 332 g/mol. The largest absolute Gasteiger partial charge is 0.417 e. The summed E-state index contributed by atoms with van der Waals surface area (Å²) in [5.41, 5.74) is -3.31. The summed E-state index contributed by atoms with van der Waals surface area (Å²) in [7, 11) is 0. The van der Waals surface area contributed by atoms with Gasteiger partial charge in [-0.3, -0.25) is 9.59 Å². The minimum absolute atomic E-state index is 0.0759. The second kappa shape index (κ2) is 5.36. The van der Waals surface area contributed by atoms with Gasteiger partial charge in [0, 0.05) is 30.8 Å². The van der Waals surface area contributed by atoms with E-state index >= 15 is 0 Å². The van der Waals surface area contributed by atoms with Gasteiger partial charge in [-0.15, -0.1) is 0 Å². The third-order valence-electron chi connectivity index (χ3n) is 4.51. The van der Waals surface area contributed by atoms with Crippen LogP contribution >= 0.6 is 0 Å². The lowest BCUT2D eigenvalue weighted by Gasteiger charge is -2.30. The number of carbonyl (C=O) groups excluding carboxylic acids is 1. The minimum atomic E-state index is -4.59. The molecule has 128 valence electrons. The SMILES string of the molecule is CC1(C)CN(C(=O)Cn2cc(C(F)(F)F)ccc2=O)CC1(C)O. The van der Waals surface area contributed by atoms with E-state index in [4.69, 9.17) is 0 Å². The monoisotopic (exact) mass is 332 g/mol. The summed E-state index contributed by atoms with van der Waals surface area (Å²) in [6.45, 7) is 5.07. The summed E-state index contributed by atoms with van der Waals surface area (Å²) in [5, 5.41) is 10.3. The van der Waals surface area contributed by atoms with Gasteiger partial charge in [-0.2, -0.15) is 13.2 Å². The van der Waals surface area contributed by atoms with Crippen LogP contribution < -0.4 is 5.56 Å². The highest BCUT2D eigenvalue weighted by atomic mass is 19.4. The van der Waals surface area contributed by atoms with Gasteiger partial charge in [-0.1, -0.05) is 13.8 Å². The van der Waals surface area contributed by atoms with Gasteiger partial charge < -0.3 is 14.6 Å². The highest BCUT2D eigenvalue weighted by Crippen LogP contribution is 2.38. The highest BCUT2D eigenvalue weighted by Gasteiger charge is 2.49. The Morgan fingerprint density at radius 2 is 1.87 bits per heavy atom. The number of halogens is 3. The van der Waals surface area contributed by atoms with Crippen LogP contribution in [0.1, 0.15) is 26.3 Å². The topological polar surface area (TPSA) is 62.5 Å². The van der Waals surface area contributed by atoms with Gasteiger partial charge >= 0.3 is 6.18 Å². The van der Waals surface area contributed by atoms with Gasteiger partial charge in [0.25, 0.3) is 5.56 Å². The molecule has 1 aliphatic heterocycles. The highest BCUT2D eigenvalue weighted by molar-refractivity contribution is 5.76. The van der Waals surface area contributed by atoms with E-state index < -0.39 is 40.8 Å². The summed E-state index contributed by atoms with van der Waals surface area (Å²) >= 11 is 0. The summed E-state index contributed by atoms with van der Waals surface area (Å²) < 4.78 is 38.8. The third-order valence-corrected chi connectivity index (χ3v) is 4.51. The zero-order valence-corrected chi connectivity index (χ0v) is 13.1. The van der Waals surface area contributed by atoms with E-state index in [-0.39, 0.29) is 13.1 Å². The predicted octanol–water partition coefficient (Wildman–Crippen LogP) is 1.49. The molecular formula is C15H19F3N2O3. The number of pyridine rings is 1. The lowest BCUT2D eigenvalue weighted by molar-refractivity contribution is -0.138. The predicted molar refractivity (Wildman–Crippen MR) is 76.7 cm³/mol. The molecule has 0 aliphatic carbocycles. The smallest absolute Gasteiger partial charge is 0.388 e. The van der Waals surface area contributed by atoms with E-state index in [0.29, 0.717) is 12.3 Å². The van der Waals surface area contributed by atoms with Crippen LogP contribution in [0.4, 0.5) is 13.2 Å². The molecule has 1 atom stereocenters. The van der Waals surface area contributed by atoms with Gasteiger partial charge in [0.1, 0.15) is 6.54 Å². The summed E-state index contributed by atoms with van der Waals surface area (Å²) in [5.74, 6) is -0.503. The van der Waals surface area contributed by atoms with E-state index in [1.165, 1.54) is 4.90 Å². The molecule has 2 rings (SSSR count). The molecule has 23 heavy (non-hydrogen) atoms. The van der Waals surface area contributed by atoms with Crippen LogP contribution in [-0.2, 0) is 17.5 Å². The van der Waals surface area contributed by atoms with Crippen molar-refractivity contribution in [2.45, 2.75) is 39.1 Å². The number of likely N-dealkylation sites (tertiary alicyclic amines) is 1. The Labute approximate surface area is 131 Å². The normalized spacial score (nSPS) is 24.0. The Morgan fingerprint density at radius 1 is 1.26 bits per heavy atom. The first-order valence-corrected chi connectivity index (χ1v) is 7.11. The number of hydrogen-bond donors (Lipinski definition) is 1. The van der Waals surface area contributed by atoms with Gasteiger partial charge in [0.15, 0.2) is 0 Å². The molecule has 1 aromatic heterocycles. The van der Waals surface area contributed by atoms with Crippen LogP contribution in [0.25, 0.3) is 0 Å². The lowest BCUT2D eigenvalue weighted by Crippen LogP contribution is -2.40. The maximum Gasteiger partial charge on any atom is 0.417 e. The van der Waals surface area contributed by atoms with Crippen molar-refractivity contribution in [3.05, 3.63) is 34.2 Å². The fraction of sp³-hybridized carbons (Fsp3) is 0.600. The molecule has 1 amide bonds. The second-order valence-corrected chi connectivity index (χ2v) is 6.79. The molecule has 0 aromatic carbocycles. The van der Waals surface area contributed by atoms with Crippen LogP contribution in [0.5, 0.6) is 0 Å². The summed E-state index contributed by atoms with van der Waals surface area (Å²) in [4.78, 5) is 25.3. The van der Waals surface area contributed by atoms with Gasteiger partial charge in [0.2, 0.25) is 5.91 Å². The van der Waals surface area contributed by atoms with Crippen LogP contribution in [0.2, 0.25) is 0 Å². The van der Waals surface area contributed by atoms with Gasteiger partial charge in [0.05, 0.1) is 11.2 Å². The quantitative estimate of drug-likeness (QED) is 0.892. The maximum atomic E-state index is 12.7. The van der Waals surface area contributed by atoms with Crippen LogP contribution in [0, 0.1) is 5.41 Å². The number of aliphatic hydroxyl groups is 1. The Kier molecular flexibility index (Phi) is 4.09. The number of β-amino-alcohol motifs (C(OH)–C–C–N with tert-alkyl or cyclic N) is 1. The maximum absolute atomic E-state index is 12.7. The van der Waals surface area contributed by atoms with Crippen molar-refractivity contribution in [3.8, 4) is 0 Å². The molecule has 1 unspecified atom stereocenters. The first-order chi connectivity index (χ1) is 10.3. The zero-order valence-electron chi connectivity index (χ0n) is 13.1. The summed E-state index contributed by atoms with van der Waals surface area (Å²) in [6, 6.07) is 1.48. The van der Waals surface area contributed by atoms with E-state index in [9.17, 15) is 27.9 Å². The van der Waals surface area contributed by atoms with Crippen molar-refractivity contribution in [1.82, 2.24) is 9.47 Å². The summed E-state index contributed by atoms with van der Waals surface area (Å²) in [6.07, 6.45) is -3.95. The number of amides is 1. The van der Waals surface area contributed by atoms with E-state index in [2.05, 4.69) is 0 Å². The Morgan fingerprint density at radius 3 is 2.35 bits per heavy atom. The van der Waals surface area contributed by atoms with Crippen LogP contribution in [-0.4, -0.2) is 39.2 Å². The average Bonchev–Trinajstić information content (AvgIpc) is 2.60. The molecule has 0 radical (unpaired) electrons. The molecule has 1 N–H and O–H groups in total. The fourth-order valence-corrected chi connectivity index (χ4v) is 2.53. The number of nitrogens with zero attached hydrogens (tertiary/aromatic N) is 2. The van der Waals surface area contributed by atoms with E-state index in [1.54, 1.807) is 20.8 Å². The Bertz CT molecular complexity index is 661. The van der Waals surface area contributed by atoms with Crippen molar-refractivity contribution >= 4 is 5.91 Å².